The van der Waals surface area contributed by atoms with Gasteiger partial charge >= 0.3 is 5.97 Å². The van der Waals surface area contributed by atoms with Crippen LogP contribution in [0.1, 0.15) is 28.7 Å². The van der Waals surface area contributed by atoms with Gasteiger partial charge in [0.2, 0.25) is 0 Å². The molecule has 0 spiro atoms. The number of thiazole rings is 1. The predicted molar refractivity (Wildman–Crippen MR) is 142 cm³/mol. The number of carboxylic acid groups (broad SMARTS) is 1. The minimum atomic E-state index is -0.729. The van der Waals surface area contributed by atoms with Gasteiger partial charge in [-0.05, 0) is 49.1 Å². The van der Waals surface area contributed by atoms with Crippen LogP contribution in [0, 0.1) is 19.8 Å². The summed E-state index contributed by atoms with van der Waals surface area (Å²) in [7, 11) is 0. The van der Waals surface area contributed by atoms with Crippen LogP contribution in [0.15, 0.2) is 41.8 Å². The fourth-order valence-electron chi connectivity index (χ4n) is 4.83. The van der Waals surface area contributed by atoms with E-state index < -0.39 is 5.97 Å². The van der Waals surface area contributed by atoms with E-state index >= 15 is 0 Å². The molecule has 2 saturated heterocycles. The molecule has 2 aliphatic heterocycles. The highest BCUT2D eigenvalue weighted by atomic mass is 32.1. The third-order valence-corrected chi connectivity index (χ3v) is 7.91. The van der Waals surface area contributed by atoms with Crippen LogP contribution in [0.4, 0.5) is 5.13 Å². The summed E-state index contributed by atoms with van der Waals surface area (Å²) in [5, 5.41) is 12.2. The zero-order valence-electron chi connectivity index (χ0n) is 20.9. The summed E-state index contributed by atoms with van der Waals surface area (Å²) < 4.78 is 11.8. The highest BCUT2D eigenvalue weighted by molar-refractivity contribution is 7.14. The smallest absolute Gasteiger partial charge is 0.308 e. The number of benzene rings is 2. The maximum Gasteiger partial charge on any atom is 0.308 e. The number of aryl methyl sites for hydroxylation is 2. The van der Waals surface area contributed by atoms with Crippen molar-refractivity contribution in [1.29, 1.82) is 0 Å². The Kier molecular flexibility index (Phi) is 7.55. The number of ether oxygens (including phenoxy) is 2. The van der Waals surface area contributed by atoms with Crippen LogP contribution in [0.3, 0.4) is 0 Å². The molecule has 190 valence electrons. The van der Waals surface area contributed by atoms with Crippen LogP contribution in [0.25, 0.3) is 11.3 Å². The Morgan fingerprint density at radius 3 is 2.75 bits per heavy atom. The largest absolute Gasteiger partial charge is 0.488 e. The Bertz CT molecular complexity index is 1220. The number of nitrogens with zero attached hydrogens (tertiary/aromatic N) is 3. The molecule has 1 atom stereocenters. The van der Waals surface area contributed by atoms with Crippen molar-refractivity contribution in [2.75, 3.05) is 44.3 Å². The number of anilines is 1. The third kappa shape index (κ3) is 5.72. The average Bonchev–Trinajstić information content (AvgIpc) is 3.55. The maximum absolute atomic E-state index is 11.3. The van der Waals surface area contributed by atoms with Gasteiger partial charge in [-0.25, -0.2) is 4.98 Å². The summed E-state index contributed by atoms with van der Waals surface area (Å²) in [6, 6.07) is 12.8. The zero-order valence-corrected chi connectivity index (χ0v) is 21.7. The summed E-state index contributed by atoms with van der Waals surface area (Å²) in [4.78, 5) is 20.7. The maximum atomic E-state index is 11.3. The molecule has 1 N–H and O–H groups in total. The van der Waals surface area contributed by atoms with Crippen LogP contribution in [0.5, 0.6) is 5.75 Å². The lowest BCUT2D eigenvalue weighted by atomic mass is 10.0. The normalized spacial score (nSPS) is 18.5. The second kappa shape index (κ2) is 11.0. The predicted octanol–water partition coefficient (Wildman–Crippen LogP) is 4.75. The summed E-state index contributed by atoms with van der Waals surface area (Å²) in [6.07, 6.45) is 0.660. The van der Waals surface area contributed by atoms with Crippen molar-refractivity contribution in [3.05, 3.63) is 64.0 Å². The van der Waals surface area contributed by atoms with Crippen LogP contribution < -0.4 is 9.64 Å². The van der Waals surface area contributed by atoms with E-state index in [2.05, 4.69) is 54.0 Å². The van der Waals surface area contributed by atoms with Crippen molar-refractivity contribution >= 4 is 22.4 Å². The molecule has 2 aliphatic rings. The quantitative estimate of drug-likeness (QED) is 0.472. The Labute approximate surface area is 216 Å². The lowest BCUT2D eigenvalue weighted by molar-refractivity contribution is -0.140. The molecular formula is C28H33N3O4S. The number of hydrogen-bond donors (Lipinski definition) is 1. The van der Waals surface area contributed by atoms with Crippen LogP contribution in [-0.4, -0.2) is 60.4 Å². The lowest BCUT2D eigenvalue weighted by Gasteiger charge is -2.26. The minimum Gasteiger partial charge on any atom is -0.488 e. The van der Waals surface area contributed by atoms with Gasteiger partial charge in [0.15, 0.2) is 5.13 Å². The molecule has 2 aromatic carbocycles. The van der Waals surface area contributed by atoms with Crippen molar-refractivity contribution in [2.24, 2.45) is 5.92 Å². The lowest BCUT2D eigenvalue weighted by Crippen LogP contribution is -2.35. The Balaban J connectivity index is 1.28. The first kappa shape index (κ1) is 24.7. The number of carbonyl (C=O) groups is 1. The molecule has 1 aromatic heterocycles. The van der Waals surface area contributed by atoms with E-state index in [1.807, 2.05) is 11.4 Å². The van der Waals surface area contributed by atoms with E-state index in [1.54, 1.807) is 11.3 Å². The molecule has 7 nitrogen and oxygen atoms in total. The van der Waals surface area contributed by atoms with Gasteiger partial charge in [-0.3, -0.25) is 9.69 Å². The topological polar surface area (TPSA) is 75.1 Å². The molecule has 5 rings (SSSR count). The van der Waals surface area contributed by atoms with Crippen LogP contribution in [-0.2, 0) is 22.7 Å². The minimum absolute atomic E-state index is 0.321. The number of hydrogen-bond acceptors (Lipinski definition) is 7. The number of aromatic nitrogens is 1. The third-order valence-electron chi connectivity index (χ3n) is 7.01. The summed E-state index contributed by atoms with van der Waals surface area (Å²) in [6.45, 7) is 10.5. The number of rotatable bonds is 8. The van der Waals surface area contributed by atoms with Gasteiger partial charge in [0, 0.05) is 43.7 Å². The zero-order chi connectivity index (χ0) is 25.1. The molecular weight excluding hydrogens is 474 g/mol. The standard InChI is InChI=1S/C28H33N3O4S/c1-19-3-6-26(24(13-19)25-18-36-28(29-25)31-8-7-22(16-31)27(32)33)35-17-23-5-4-21(14-20(23)2)15-30-9-11-34-12-10-30/h3-6,13-14,18,22H,7-12,15-17H2,1-2H3,(H,32,33)/t22-/m0/s1. The molecule has 3 aromatic rings. The SMILES string of the molecule is Cc1ccc(OCc2ccc(CN3CCOCC3)cc2C)c(-c2csc(N3CC[C@H](C(=O)O)C3)n2)c1. The fourth-order valence-corrected chi connectivity index (χ4v) is 5.69. The first-order valence-electron chi connectivity index (χ1n) is 12.5. The summed E-state index contributed by atoms with van der Waals surface area (Å²) in [5.74, 6) is -0.245. The highest BCUT2D eigenvalue weighted by Gasteiger charge is 2.29. The number of carboxylic acids is 1. The molecule has 3 heterocycles. The monoisotopic (exact) mass is 507 g/mol. The van der Waals surface area contributed by atoms with Gasteiger partial charge in [0.25, 0.3) is 0 Å². The van der Waals surface area contributed by atoms with Crippen LogP contribution in [0.2, 0.25) is 0 Å². The molecule has 0 unspecified atom stereocenters. The van der Waals surface area contributed by atoms with E-state index in [9.17, 15) is 9.90 Å². The Morgan fingerprint density at radius 1 is 1.17 bits per heavy atom. The van der Waals surface area contributed by atoms with E-state index in [4.69, 9.17) is 14.5 Å². The van der Waals surface area contributed by atoms with Gasteiger partial charge in [-0.2, -0.15) is 0 Å². The van der Waals surface area contributed by atoms with Gasteiger partial charge in [-0.15, -0.1) is 11.3 Å². The van der Waals surface area contributed by atoms with Crippen LogP contribution >= 0.6 is 11.3 Å². The molecule has 0 radical (unpaired) electrons. The molecule has 0 bridgehead atoms. The number of morpholine rings is 1. The van der Waals surface area contributed by atoms with Crippen molar-refractivity contribution in [3.8, 4) is 17.0 Å². The van der Waals surface area contributed by atoms with Crippen molar-refractivity contribution in [1.82, 2.24) is 9.88 Å². The average molecular weight is 508 g/mol. The first-order valence-corrected chi connectivity index (χ1v) is 13.4. The van der Waals surface area contributed by atoms with Gasteiger partial charge in [-0.1, -0.05) is 29.8 Å². The van der Waals surface area contributed by atoms with E-state index in [0.717, 1.165) is 67.1 Å². The first-order chi connectivity index (χ1) is 17.5. The second-order valence-corrected chi connectivity index (χ2v) is 10.6. The van der Waals surface area contributed by atoms with Gasteiger partial charge in [0.05, 0.1) is 24.8 Å². The van der Waals surface area contributed by atoms with Gasteiger partial charge < -0.3 is 19.5 Å². The van der Waals surface area contributed by atoms with E-state index in [-0.39, 0.29) is 5.92 Å². The molecule has 0 aliphatic carbocycles. The van der Waals surface area contributed by atoms with E-state index in [0.29, 0.717) is 19.6 Å². The second-order valence-electron chi connectivity index (χ2n) is 9.72. The fraction of sp³-hybridized carbons (Fsp3) is 0.429. The number of aliphatic carboxylic acids is 1. The highest BCUT2D eigenvalue weighted by Crippen LogP contribution is 2.36. The molecule has 0 amide bonds. The molecule has 36 heavy (non-hydrogen) atoms. The summed E-state index contributed by atoms with van der Waals surface area (Å²) >= 11 is 1.56. The molecule has 8 heteroatoms. The van der Waals surface area contributed by atoms with Crippen molar-refractivity contribution in [3.63, 3.8) is 0 Å². The molecule has 0 saturated carbocycles. The Hall–Kier alpha value is -2.94. The van der Waals surface area contributed by atoms with Crippen molar-refractivity contribution in [2.45, 2.75) is 33.4 Å². The van der Waals surface area contributed by atoms with Crippen molar-refractivity contribution < 1.29 is 19.4 Å². The van der Waals surface area contributed by atoms with Gasteiger partial charge in [0.1, 0.15) is 12.4 Å². The Morgan fingerprint density at radius 2 is 2.00 bits per heavy atom. The molecule has 2 fully saturated rings. The summed E-state index contributed by atoms with van der Waals surface area (Å²) in [5.41, 5.74) is 6.69. The van der Waals surface area contributed by atoms with E-state index in [1.165, 1.54) is 16.7 Å².